The van der Waals surface area contributed by atoms with Crippen molar-refractivity contribution in [1.29, 1.82) is 0 Å². The highest BCUT2D eigenvalue weighted by Gasteiger charge is 2.07. The van der Waals surface area contributed by atoms with E-state index in [-0.39, 0.29) is 5.71 Å². The third-order valence-electron chi connectivity index (χ3n) is 2.72. The molecule has 2 rings (SSSR count). The summed E-state index contributed by atoms with van der Waals surface area (Å²) in [6.07, 6.45) is 4.20. The Labute approximate surface area is 132 Å². The van der Waals surface area contributed by atoms with Gasteiger partial charge in [0.15, 0.2) is 0 Å². The molecule has 1 aromatic carbocycles. The molecule has 6 nitrogen and oxygen atoms in total. The molecule has 0 unspecified atom stereocenters. The van der Waals surface area contributed by atoms with Crippen LogP contribution in [0.1, 0.15) is 21.5 Å². The molecule has 0 radical (unpaired) electrons. The van der Waals surface area contributed by atoms with Crippen LogP contribution in [0.15, 0.2) is 53.0 Å². The molecule has 2 aromatic rings. The predicted molar refractivity (Wildman–Crippen MR) is 84.7 cm³/mol. The first kappa shape index (κ1) is 15.7. The van der Waals surface area contributed by atoms with E-state index in [4.69, 9.17) is 16.8 Å². The molecular weight excluding hydrogens is 304 g/mol. The van der Waals surface area contributed by atoms with Crippen LogP contribution in [0.2, 0.25) is 5.02 Å². The van der Waals surface area contributed by atoms with Crippen LogP contribution in [-0.2, 0) is 0 Å². The van der Waals surface area contributed by atoms with Crippen LogP contribution in [0.4, 0.5) is 0 Å². The van der Waals surface area contributed by atoms with Crippen molar-refractivity contribution >= 4 is 29.4 Å². The van der Waals surface area contributed by atoms with Gasteiger partial charge in [0.1, 0.15) is 5.71 Å². The molecule has 7 heteroatoms. The number of hydrazone groups is 1. The van der Waals surface area contributed by atoms with Gasteiger partial charge in [-0.2, -0.15) is 5.10 Å². The maximum atomic E-state index is 12.0. The average molecular weight is 317 g/mol. The molecule has 112 valence electrons. The highest BCUT2D eigenvalue weighted by Crippen LogP contribution is 2.11. The predicted octanol–water partition coefficient (Wildman–Crippen LogP) is 2.64. The lowest BCUT2D eigenvalue weighted by Crippen LogP contribution is -2.21. The molecule has 0 saturated heterocycles. The summed E-state index contributed by atoms with van der Waals surface area (Å²) in [5, 5.41) is 16.1. The quantitative estimate of drug-likeness (QED) is 0.516. The van der Waals surface area contributed by atoms with E-state index in [1.807, 2.05) is 6.92 Å². The Kier molecular flexibility index (Phi) is 5.21. The summed E-state index contributed by atoms with van der Waals surface area (Å²) in [6.45, 7) is 1.84. The van der Waals surface area contributed by atoms with Crippen molar-refractivity contribution in [2.45, 2.75) is 6.92 Å². The van der Waals surface area contributed by atoms with Crippen LogP contribution in [0.5, 0.6) is 0 Å². The number of nitrogens with one attached hydrogen (secondary N) is 1. The number of hydrogen-bond donors (Lipinski definition) is 2. The number of amides is 1. The fourth-order valence-corrected chi connectivity index (χ4v) is 1.92. The number of aryl methyl sites for hydroxylation is 1. The van der Waals surface area contributed by atoms with E-state index >= 15 is 0 Å². The topological polar surface area (TPSA) is 86.9 Å². The number of hydrogen-bond acceptors (Lipinski definition) is 5. The van der Waals surface area contributed by atoms with Gasteiger partial charge in [-0.3, -0.25) is 9.78 Å². The van der Waals surface area contributed by atoms with E-state index in [2.05, 4.69) is 20.7 Å². The Hall–Kier alpha value is -2.73. The van der Waals surface area contributed by atoms with Gasteiger partial charge >= 0.3 is 0 Å². The molecule has 22 heavy (non-hydrogen) atoms. The molecule has 0 spiro atoms. The van der Waals surface area contributed by atoms with Gasteiger partial charge in [0.25, 0.3) is 5.91 Å². The monoisotopic (exact) mass is 316 g/mol. The zero-order chi connectivity index (χ0) is 15.9. The lowest BCUT2D eigenvalue weighted by atomic mass is 10.1. The second-order valence-electron chi connectivity index (χ2n) is 4.44. The van der Waals surface area contributed by atoms with Gasteiger partial charge in [-0.25, -0.2) is 5.43 Å². The first-order valence-electron chi connectivity index (χ1n) is 6.33. The smallest absolute Gasteiger partial charge is 0.272 e. The molecule has 1 aromatic heterocycles. The highest BCUT2D eigenvalue weighted by atomic mass is 35.5. The van der Waals surface area contributed by atoms with E-state index in [1.165, 1.54) is 6.20 Å². The van der Waals surface area contributed by atoms with Crippen LogP contribution < -0.4 is 5.43 Å². The van der Waals surface area contributed by atoms with E-state index in [0.29, 0.717) is 16.1 Å². The van der Waals surface area contributed by atoms with Crippen molar-refractivity contribution in [1.82, 2.24) is 10.4 Å². The normalized spacial score (nSPS) is 11.6. The molecule has 0 aliphatic rings. The maximum absolute atomic E-state index is 12.0. The Balaban J connectivity index is 2.22. The maximum Gasteiger partial charge on any atom is 0.272 e. The van der Waals surface area contributed by atoms with Crippen molar-refractivity contribution in [2.24, 2.45) is 10.3 Å². The molecule has 1 amide bonds. The molecule has 1 heterocycles. The fraction of sp³-hybridized carbons (Fsp3) is 0.0667. The highest BCUT2D eigenvalue weighted by molar-refractivity contribution is 6.39. The van der Waals surface area contributed by atoms with Gasteiger partial charge in [-0.1, -0.05) is 28.9 Å². The summed E-state index contributed by atoms with van der Waals surface area (Å²) in [6, 6.07) is 8.49. The number of pyridine rings is 1. The molecule has 0 bridgehead atoms. The number of aromatic nitrogens is 1. The number of nitrogens with zero attached hydrogens (tertiary/aromatic N) is 3. The number of benzene rings is 1. The van der Waals surface area contributed by atoms with Crippen LogP contribution in [0, 0.1) is 6.92 Å². The molecular formula is C15H13ClN4O2. The Morgan fingerprint density at radius 1 is 1.32 bits per heavy atom. The van der Waals surface area contributed by atoms with Crippen LogP contribution in [0.3, 0.4) is 0 Å². The summed E-state index contributed by atoms with van der Waals surface area (Å²) in [7, 11) is 0. The van der Waals surface area contributed by atoms with Gasteiger partial charge in [0.2, 0.25) is 0 Å². The van der Waals surface area contributed by atoms with Gasteiger partial charge in [0, 0.05) is 23.0 Å². The lowest BCUT2D eigenvalue weighted by Gasteiger charge is -2.04. The third-order valence-corrected chi connectivity index (χ3v) is 2.95. The standard InChI is InChI=1S/C15H13ClN4O2/c1-10-5-12(8-17-7-10)15(21)20-19-14(9-18-22)11-3-2-4-13(16)6-11/h2-9,22H,1H3,(H,20,21). The van der Waals surface area contributed by atoms with Gasteiger partial charge in [-0.15, -0.1) is 0 Å². The Morgan fingerprint density at radius 3 is 2.82 bits per heavy atom. The summed E-state index contributed by atoms with van der Waals surface area (Å²) in [5.41, 5.74) is 4.51. The van der Waals surface area contributed by atoms with Crippen LogP contribution in [0.25, 0.3) is 0 Å². The van der Waals surface area contributed by atoms with Gasteiger partial charge in [-0.05, 0) is 30.7 Å². The number of halogens is 1. The summed E-state index contributed by atoms with van der Waals surface area (Å²) < 4.78 is 0. The fourth-order valence-electron chi connectivity index (χ4n) is 1.73. The van der Waals surface area contributed by atoms with E-state index < -0.39 is 5.91 Å². The molecule has 0 atom stereocenters. The molecule has 0 saturated carbocycles. The van der Waals surface area contributed by atoms with E-state index in [1.54, 1.807) is 36.5 Å². The first-order valence-corrected chi connectivity index (χ1v) is 6.71. The molecule has 0 fully saturated rings. The first-order chi connectivity index (χ1) is 10.6. The minimum Gasteiger partial charge on any atom is -0.411 e. The minimum absolute atomic E-state index is 0.263. The minimum atomic E-state index is -0.415. The van der Waals surface area contributed by atoms with Crippen molar-refractivity contribution in [3.63, 3.8) is 0 Å². The van der Waals surface area contributed by atoms with Gasteiger partial charge in [0.05, 0.1) is 11.8 Å². The van der Waals surface area contributed by atoms with Crippen LogP contribution >= 0.6 is 11.6 Å². The molecule has 0 aliphatic heterocycles. The summed E-state index contributed by atoms with van der Waals surface area (Å²) in [4.78, 5) is 16.0. The lowest BCUT2D eigenvalue weighted by molar-refractivity contribution is 0.0954. The van der Waals surface area contributed by atoms with E-state index in [0.717, 1.165) is 11.8 Å². The molecule has 0 aliphatic carbocycles. The largest absolute Gasteiger partial charge is 0.411 e. The van der Waals surface area contributed by atoms with Crippen molar-refractivity contribution in [3.05, 3.63) is 64.4 Å². The SMILES string of the molecule is Cc1cncc(C(=O)NN=C(C=NO)c2cccc(Cl)c2)c1. The number of rotatable bonds is 4. The van der Waals surface area contributed by atoms with Crippen molar-refractivity contribution in [2.75, 3.05) is 0 Å². The number of oxime groups is 1. The van der Waals surface area contributed by atoms with Gasteiger partial charge < -0.3 is 5.21 Å². The third kappa shape index (κ3) is 4.13. The number of carbonyl (C=O) groups excluding carboxylic acids is 1. The summed E-state index contributed by atoms with van der Waals surface area (Å²) >= 11 is 5.91. The van der Waals surface area contributed by atoms with E-state index in [9.17, 15) is 4.79 Å². The average Bonchev–Trinajstić information content (AvgIpc) is 2.51. The van der Waals surface area contributed by atoms with Crippen molar-refractivity contribution in [3.8, 4) is 0 Å². The summed E-state index contributed by atoms with van der Waals surface area (Å²) in [5.74, 6) is -0.415. The molecule has 2 N–H and O–H groups in total. The second-order valence-corrected chi connectivity index (χ2v) is 4.88. The zero-order valence-electron chi connectivity index (χ0n) is 11.7. The second kappa shape index (κ2) is 7.33. The Bertz CT molecular complexity index is 744. The number of carbonyl (C=O) groups is 1. The van der Waals surface area contributed by atoms with Crippen molar-refractivity contribution < 1.29 is 10.0 Å². The Morgan fingerprint density at radius 2 is 2.14 bits per heavy atom. The van der Waals surface area contributed by atoms with Crippen LogP contribution in [-0.4, -0.2) is 28.0 Å². The zero-order valence-corrected chi connectivity index (χ0v) is 12.4.